The maximum absolute atomic E-state index is 14.4. The van der Waals surface area contributed by atoms with E-state index in [-0.39, 0.29) is 23.0 Å². The minimum atomic E-state index is -0.433. The van der Waals surface area contributed by atoms with Gasteiger partial charge in [0.15, 0.2) is 5.84 Å². The lowest BCUT2D eigenvalue weighted by molar-refractivity contribution is -0.113. The van der Waals surface area contributed by atoms with Gasteiger partial charge in [0.25, 0.3) is 5.91 Å². The molecule has 3 nitrogen and oxygen atoms in total. The number of nitrogens with zero attached hydrogens (tertiary/aromatic N) is 2. The number of benzene rings is 3. The molecule has 0 N–H and O–H groups in total. The Balaban J connectivity index is 1.84. The van der Waals surface area contributed by atoms with Gasteiger partial charge in [-0.15, -0.1) is 0 Å². The van der Waals surface area contributed by atoms with Crippen LogP contribution in [0.1, 0.15) is 11.1 Å². The van der Waals surface area contributed by atoms with Crippen LogP contribution in [-0.2, 0) is 4.79 Å². The Morgan fingerprint density at radius 3 is 2.26 bits per heavy atom. The number of amidine groups is 1. The molecule has 1 aliphatic rings. The average Bonchev–Trinajstić information content (AvgIpc) is 3.01. The highest BCUT2D eigenvalue weighted by Gasteiger charge is 2.33. The number of carbonyl (C=O) groups excluding carboxylic acids is 1. The van der Waals surface area contributed by atoms with Crippen LogP contribution < -0.4 is 4.90 Å². The van der Waals surface area contributed by atoms with E-state index in [9.17, 15) is 9.18 Å². The zero-order chi connectivity index (χ0) is 18.8. The van der Waals surface area contributed by atoms with E-state index < -0.39 is 5.82 Å². The number of anilines is 1. The van der Waals surface area contributed by atoms with Crippen molar-refractivity contribution in [3.05, 3.63) is 107 Å². The highest BCUT2D eigenvalue weighted by atomic mass is 35.5. The second kappa shape index (κ2) is 7.17. The number of aliphatic imine (C=N–C) groups is 1. The summed E-state index contributed by atoms with van der Waals surface area (Å²) in [5.74, 6) is -0.475. The van der Waals surface area contributed by atoms with Gasteiger partial charge in [0.2, 0.25) is 0 Å². The van der Waals surface area contributed by atoms with Gasteiger partial charge in [-0.3, -0.25) is 9.69 Å². The molecule has 3 aromatic carbocycles. The van der Waals surface area contributed by atoms with Crippen molar-refractivity contribution in [3.8, 4) is 0 Å². The molecule has 0 saturated heterocycles. The molecule has 0 spiro atoms. The monoisotopic (exact) mass is 376 g/mol. The summed E-state index contributed by atoms with van der Waals surface area (Å²) in [7, 11) is 0. The standard InChI is InChI=1S/C22H14ClFN2O/c23-16-12-10-15(11-13-16)14-20-22(27)26(17-6-2-1-3-7-17)21(25-20)18-8-4-5-9-19(18)24/h1-14H/b20-14+. The van der Waals surface area contributed by atoms with Crippen molar-refractivity contribution < 1.29 is 9.18 Å². The van der Waals surface area contributed by atoms with Gasteiger partial charge in [-0.05, 0) is 48.0 Å². The zero-order valence-corrected chi connectivity index (χ0v) is 14.9. The van der Waals surface area contributed by atoms with Crippen molar-refractivity contribution in [1.29, 1.82) is 0 Å². The van der Waals surface area contributed by atoms with Gasteiger partial charge in [-0.1, -0.05) is 54.1 Å². The maximum Gasteiger partial charge on any atom is 0.282 e. The van der Waals surface area contributed by atoms with E-state index in [4.69, 9.17) is 11.6 Å². The molecule has 0 saturated carbocycles. The maximum atomic E-state index is 14.4. The Hall–Kier alpha value is -3.24. The molecule has 1 amide bonds. The number of rotatable bonds is 3. The highest BCUT2D eigenvalue weighted by molar-refractivity contribution is 6.33. The zero-order valence-electron chi connectivity index (χ0n) is 14.1. The van der Waals surface area contributed by atoms with Crippen LogP contribution in [0.3, 0.4) is 0 Å². The van der Waals surface area contributed by atoms with Gasteiger partial charge in [-0.25, -0.2) is 9.38 Å². The Labute approximate surface area is 161 Å². The van der Waals surface area contributed by atoms with Crippen LogP contribution in [0, 0.1) is 5.82 Å². The number of carbonyl (C=O) groups is 1. The molecule has 0 aromatic heterocycles. The summed E-state index contributed by atoms with van der Waals surface area (Å²) in [5.41, 5.74) is 1.92. The Morgan fingerprint density at radius 2 is 1.56 bits per heavy atom. The van der Waals surface area contributed by atoms with Crippen LogP contribution in [0.15, 0.2) is 89.6 Å². The first-order valence-electron chi connectivity index (χ1n) is 8.34. The number of para-hydroxylation sites is 1. The number of amides is 1. The van der Waals surface area contributed by atoms with Crippen molar-refractivity contribution in [2.45, 2.75) is 0 Å². The first-order chi connectivity index (χ1) is 13.1. The second-order valence-electron chi connectivity index (χ2n) is 5.97. The molecule has 3 aromatic rings. The average molecular weight is 377 g/mol. The summed E-state index contributed by atoms with van der Waals surface area (Å²) in [6.45, 7) is 0. The van der Waals surface area contributed by atoms with Crippen LogP contribution in [0.25, 0.3) is 6.08 Å². The fourth-order valence-electron chi connectivity index (χ4n) is 2.87. The van der Waals surface area contributed by atoms with Crippen LogP contribution in [-0.4, -0.2) is 11.7 Å². The van der Waals surface area contributed by atoms with Gasteiger partial charge in [0, 0.05) is 5.02 Å². The van der Waals surface area contributed by atoms with E-state index in [1.165, 1.54) is 11.0 Å². The van der Waals surface area contributed by atoms with E-state index in [1.54, 1.807) is 60.7 Å². The van der Waals surface area contributed by atoms with E-state index in [1.807, 2.05) is 18.2 Å². The molecule has 0 fully saturated rings. The minimum Gasteiger partial charge on any atom is -0.266 e. The lowest BCUT2D eigenvalue weighted by atomic mass is 10.1. The fraction of sp³-hybridized carbons (Fsp3) is 0. The lowest BCUT2D eigenvalue weighted by Gasteiger charge is -2.18. The fourth-order valence-corrected chi connectivity index (χ4v) is 3.00. The lowest BCUT2D eigenvalue weighted by Crippen LogP contribution is -2.33. The molecule has 0 bridgehead atoms. The first-order valence-corrected chi connectivity index (χ1v) is 8.71. The van der Waals surface area contributed by atoms with Crippen LogP contribution >= 0.6 is 11.6 Å². The van der Waals surface area contributed by atoms with Crippen molar-refractivity contribution in [1.82, 2.24) is 0 Å². The molecular formula is C22H14ClFN2O. The van der Waals surface area contributed by atoms with Crippen molar-refractivity contribution in [2.24, 2.45) is 4.99 Å². The number of halogens is 2. The van der Waals surface area contributed by atoms with Crippen molar-refractivity contribution >= 4 is 35.1 Å². The van der Waals surface area contributed by atoms with Crippen LogP contribution in [0.4, 0.5) is 10.1 Å². The largest absolute Gasteiger partial charge is 0.282 e. The second-order valence-corrected chi connectivity index (χ2v) is 6.41. The summed E-state index contributed by atoms with van der Waals surface area (Å²) in [5, 5.41) is 0.608. The van der Waals surface area contributed by atoms with Gasteiger partial charge in [0.05, 0.1) is 11.3 Å². The summed E-state index contributed by atoms with van der Waals surface area (Å²) < 4.78 is 14.4. The highest BCUT2D eigenvalue weighted by Crippen LogP contribution is 2.28. The van der Waals surface area contributed by atoms with Crippen LogP contribution in [0.2, 0.25) is 5.02 Å². The van der Waals surface area contributed by atoms with Gasteiger partial charge < -0.3 is 0 Å². The van der Waals surface area contributed by atoms with E-state index in [0.29, 0.717) is 10.7 Å². The van der Waals surface area contributed by atoms with E-state index in [0.717, 1.165) is 5.56 Å². The molecule has 1 aliphatic heterocycles. The molecule has 0 atom stereocenters. The molecule has 27 heavy (non-hydrogen) atoms. The number of hydrogen-bond donors (Lipinski definition) is 0. The Bertz CT molecular complexity index is 1060. The summed E-state index contributed by atoms with van der Waals surface area (Å²) in [6, 6.07) is 22.4. The third-order valence-corrected chi connectivity index (χ3v) is 4.41. The number of hydrogen-bond acceptors (Lipinski definition) is 2. The van der Waals surface area contributed by atoms with E-state index in [2.05, 4.69) is 4.99 Å². The third-order valence-electron chi connectivity index (χ3n) is 4.16. The summed E-state index contributed by atoms with van der Waals surface area (Å²) in [6.07, 6.45) is 1.67. The smallest absolute Gasteiger partial charge is 0.266 e. The molecule has 0 radical (unpaired) electrons. The molecule has 1 heterocycles. The summed E-state index contributed by atoms with van der Waals surface area (Å²) >= 11 is 5.92. The Morgan fingerprint density at radius 1 is 0.889 bits per heavy atom. The molecule has 0 aliphatic carbocycles. The summed E-state index contributed by atoms with van der Waals surface area (Å²) in [4.78, 5) is 19.0. The minimum absolute atomic E-state index is 0.236. The molecule has 5 heteroatoms. The van der Waals surface area contributed by atoms with Gasteiger partial charge in [0.1, 0.15) is 11.5 Å². The van der Waals surface area contributed by atoms with Crippen molar-refractivity contribution in [2.75, 3.05) is 4.90 Å². The predicted octanol–water partition coefficient (Wildman–Crippen LogP) is 5.31. The first kappa shape index (κ1) is 17.2. The predicted molar refractivity (Wildman–Crippen MR) is 106 cm³/mol. The SMILES string of the molecule is O=C1/C(=C\c2ccc(Cl)cc2)N=C(c2ccccc2F)N1c1ccccc1. The molecule has 4 rings (SSSR count). The quantitative estimate of drug-likeness (QED) is 0.570. The van der Waals surface area contributed by atoms with Crippen LogP contribution in [0.5, 0.6) is 0 Å². The molecule has 132 valence electrons. The van der Waals surface area contributed by atoms with Gasteiger partial charge >= 0.3 is 0 Å². The molecule has 0 unspecified atom stereocenters. The normalized spacial score (nSPS) is 15.3. The van der Waals surface area contributed by atoms with Gasteiger partial charge in [-0.2, -0.15) is 0 Å². The Kier molecular flexibility index (Phi) is 4.57. The van der Waals surface area contributed by atoms with Crippen molar-refractivity contribution in [3.63, 3.8) is 0 Å². The third kappa shape index (κ3) is 3.39. The topological polar surface area (TPSA) is 32.7 Å². The van der Waals surface area contributed by atoms with E-state index >= 15 is 0 Å². The molecular weight excluding hydrogens is 363 g/mol.